The van der Waals surface area contributed by atoms with Crippen molar-refractivity contribution in [2.45, 2.75) is 13.0 Å². The van der Waals surface area contributed by atoms with Gasteiger partial charge in [-0.05, 0) is 41.5 Å². The first-order valence-corrected chi connectivity index (χ1v) is 9.51. The van der Waals surface area contributed by atoms with E-state index >= 15 is 0 Å². The van der Waals surface area contributed by atoms with E-state index in [2.05, 4.69) is 15.0 Å². The first-order valence-electron chi connectivity index (χ1n) is 9.51. The highest BCUT2D eigenvalue weighted by Gasteiger charge is 2.11. The minimum absolute atomic E-state index is 0.207. The van der Waals surface area contributed by atoms with Crippen molar-refractivity contribution in [3.63, 3.8) is 0 Å². The van der Waals surface area contributed by atoms with Crippen LogP contribution in [0.3, 0.4) is 0 Å². The topological polar surface area (TPSA) is 81.4 Å². The number of hydrogen-bond donors (Lipinski definition) is 1. The first-order chi connectivity index (χ1) is 14.6. The van der Waals surface area contributed by atoms with Gasteiger partial charge in [-0.1, -0.05) is 42.5 Å². The third-order valence-electron chi connectivity index (χ3n) is 4.72. The van der Waals surface area contributed by atoms with Crippen molar-refractivity contribution in [3.05, 3.63) is 101 Å². The fourth-order valence-corrected chi connectivity index (χ4v) is 3.12. The minimum atomic E-state index is -0.391. The summed E-state index contributed by atoms with van der Waals surface area (Å²) in [7, 11) is 1.34. The summed E-state index contributed by atoms with van der Waals surface area (Å²) in [6.45, 7) is 0.344. The second kappa shape index (κ2) is 8.61. The van der Waals surface area contributed by atoms with Crippen LogP contribution in [0.15, 0.2) is 77.2 Å². The molecule has 0 radical (unpaired) electrons. The van der Waals surface area contributed by atoms with Gasteiger partial charge in [-0.25, -0.2) is 9.78 Å². The van der Waals surface area contributed by atoms with Crippen LogP contribution in [0.1, 0.15) is 37.7 Å². The van der Waals surface area contributed by atoms with Gasteiger partial charge >= 0.3 is 5.97 Å². The summed E-state index contributed by atoms with van der Waals surface area (Å²) in [4.78, 5) is 28.5. The standard InChI is InChI=1S/C24H20N2O4/c1-29-24(28)18-9-7-17(8-10-18)15-25-23(27)19-11-12-21-20(14-19)26-22(30-21)13-16-5-3-2-4-6-16/h2-12,14H,13,15H2,1H3,(H,25,27). The lowest BCUT2D eigenvalue weighted by atomic mass is 10.1. The van der Waals surface area contributed by atoms with Gasteiger partial charge in [-0.15, -0.1) is 0 Å². The fraction of sp³-hybridized carbons (Fsp3) is 0.125. The Kier molecular flexibility index (Phi) is 5.57. The van der Waals surface area contributed by atoms with Crippen LogP contribution in [0, 0.1) is 0 Å². The van der Waals surface area contributed by atoms with Gasteiger partial charge in [0.2, 0.25) is 0 Å². The van der Waals surface area contributed by atoms with Gasteiger partial charge in [0.1, 0.15) is 5.52 Å². The molecular weight excluding hydrogens is 380 g/mol. The SMILES string of the molecule is COC(=O)c1ccc(CNC(=O)c2ccc3oc(Cc4ccccc4)nc3c2)cc1. The number of nitrogens with zero attached hydrogens (tertiary/aromatic N) is 1. The molecule has 4 rings (SSSR count). The monoisotopic (exact) mass is 400 g/mol. The number of fused-ring (bicyclic) bond motifs is 1. The van der Waals surface area contributed by atoms with Gasteiger partial charge in [0.05, 0.1) is 12.7 Å². The molecule has 0 saturated carbocycles. The number of ether oxygens (including phenoxy) is 1. The summed E-state index contributed by atoms with van der Waals surface area (Å²) in [6.07, 6.45) is 0.596. The lowest BCUT2D eigenvalue weighted by Gasteiger charge is -2.06. The molecule has 1 N–H and O–H groups in total. The van der Waals surface area contributed by atoms with Crippen molar-refractivity contribution in [2.24, 2.45) is 0 Å². The number of carbonyl (C=O) groups excluding carboxylic acids is 2. The molecule has 0 saturated heterocycles. The molecule has 1 amide bonds. The Labute approximate surface area is 173 Å². The van der Waals surface area contributed by atoms with E-state index in [1.165, 1.54) is 7.11 Å². The Morgan fingerprint density at radius 3 is 2.40 bits per heavy atom. The van der Waals surface area contributed by atoms with E-state index in [9.17, 15) is 9.59 Å². The van der Waals surface area contributed by atoms with Crippen LogP contribution in [0.4, 0.5) is 0 Å². The highest BCUT2D eigenvalue weighted by Crippen LogP contribution is 2.19. The van der Waals surface area contributed by atoms with Crippen LogP contribution in [0.2, 0.25) is 0 Å². The Hall–Kier alpha value is -3.93. The lowest BCUT2D eigenvalue weighted by Crippen LogP contribution is -2.22. The van der Waals surface area contributed by atoms with E-state index in [1.54, 1.807) is 42.5 Å². The number of carbonyl (C=O) groups is 2. The Morgan fingerprint density at radius 2 is 1.67 bits per heavy atom. The normalized spacial score (nSPS) is 10.7. The minimum Gasteiger partial charge on any atom is -0.465 e. The summed E-state index contributed by atoms with van der Waals surface area (Å²) >= 11 is 0. The van der Waals surface area contributed by atoms with E-state index in [1.807, 2.05) is 30.3 Å². The zero-order chi connectivity index (χ0) is 20.9. The zero-order valence-corrected chi connectivity index (χ0v) is 16.4. The number of aromatic nitrogens is 1. The van der Waals surface area contributed by atoms with E-state index in [4.69, 9.17) is 4.42 Å². The average molecular weight is 400 g/mol. The largest absolute Gasteiger partial charge is 0.465 e. The predicted molar refractivity (Wildman–Crippen MR) is 112 cm³/mol. The maximum Gasteiger partial charge on any atom is 0.337 e. The van der Waals surface area contributed by atoms with Gasteiger partial charge in [0, 0.05) is 18.5 Å². The van der Waals surface area contributed by atoms with E-state index in [-0.39, 0.29) is 5.91 Å². The summed E-state index contributed by atoms with van der Waals surface area (Å²) < 4.78 is 10.5. The molecule has 6 nitrogen and oxygen atoms in total. The van der Waals surface area contributed by atoms with Crippen LogP contribution in [-0.2, 0) is 17.7 Å². The average Bonchev–Trinajstić information content (AvgIpc) is 3.19. The number of hydrogen-bond acceptors (Lipinski definition) is 5. The Balaban J connectivity index is 1.42. The van der Waals surface area contributed by atoms with Gasteiger partial charge in [-0.3, -0.25) is 4.79 Å². The highest BCUT2D eigenvalue weighted by atomic mass is 16.5. The Morgan fingerprint density at radius 1 is 0.933 bits per heavy atom. The van der Waals surface area contributed by atoms with Crippen LogP contribution in [0.25, 0.3) is 11.1 Å². The molecule has 0 spiro atoms. The molecule has 0 unspecified atom stereocenters. The number of oxazole rings is 1. The number of benzene rings is 3. The summed E-state index contributed by atoms with van der Waals surface area (Å²) in [5.41, 5.74) is 4.26. The zero-order valence-electron chi connectivity index (χ0n) is 16.4. The smallest absolute Gasteiger partial charge is 0.337 e. The maximum atomic E-state index is 12.5. The second-order valence-corrected chi connectivity index (χ2v) is 6.82. The van der Waals surface area contributed by atoms with Crippen molar-refractivity contribution < 1.29 is 18.7 Å². The van der Waals surface area contributed by atoms with Crippen molar-refractivity contribution in [1.82, 2.24) is 10.3 Å². The van der Waals surface area contributed by atoms with E-state index < -0.39 is 5.97 Å². The third-order valence-corrected chi connectivity index (χ3v) is 4.72. The number of esters is 1. The van der Waals surface area contributed by atoms with E-state index in [0.717, 1.165) is 11.1 Å². The maximum absolute atomic E-state index is 12.5. The molecule has 0 aliphatic carbocycles. The fourth-order valence-electron chi connectivity index (χ4n) is 3.12. The van der Waals surface area contributed by atoms with Gasteiger partial charge in [-0.2, -0.15) is 0 Å². The van der Waals surface area contributed by atoms with Gasteiger partial charge in [0.25, 0.3) is 5.91 Å². The number of amides is 1. The lowest BCUT2D eigenvalue weighted by molar-refractivity contribution is 0.0600. The molecule has 4 aromatic rings. The number of methoxy groups -OCH3 is 1. The molecule has 0 aliphatic heterocycles. The molecule has 3 aromatic carbocycles. The third kappa shape index (κ3) is 4.38. The van der Waals surface area contributed by atoms with Crippen LogP contribution in [0.5, 0.6) is 0 Å². The molecule has 0 aliphatic rings. The molecule has 1 heterocycles. The van der Waals surface area contributed by atoms with Crippen LogP contribution >= 0.6 is 0 Å². The van der Waals surface area contributed by atoms with Crippen molar-refractivity contribution in [3.8, 4) is 0 Å². The molecule has 150 valence electrons. The predicted octanol–water partition coefficient (Wildman–Crippen LogP) is 4.14. The second-order valence-electron chi connectivity index (χ2n) is 6.82. The summed E-state index contributed by atoms with van der Waals surface area (Å²) in [5.74, 6) is 0.0131. The van der Waals surface area contributed by atoms with Crippen LogP contribution in [-0.4, -0.2) is 24.0 Å². The van der Waals surface area contributed by atoms with Crippen LogP contribution < -0.4 is 5.32 Å². The van der Waals surface area contributed by atoms with Gasteiger partial charge < -0.3 is 14.5 Å². The molecule has 6 heteroatoms. The van der Waals surface area contributed by atoms with E-state index in [0.29, 0.717) is 41.1 Å². The summed E-state index contributed by atoms with van der Waals surface area (Å²) in [5, 5.41) is 2.88. The first kappa shape index (κ1) is 19.4. The quantitative estimate of drug-likeness (QED) is 0.492. The van der Waals surface area contributed by atoms with Crippen molar-refractivity contribution in [1.29, 1.82) is 0 Å². The molecule has 0 bridgehead atoms. The summed E-state index contributed by atoms with van der Waals surface area (Å²) in [6, 6.07) is 22.1. The molecular formula is C24H20N2O4. The van der Waals surface area contributed by atoms with Crippen molar-refractivity contribution in [2.75, 3.05) is 7.11 Å². The van der Waals surface area contributed by atoms with Crippen molar-refractivity contribution >= 4 is 23.0 Å². The molecule has 30 heavy (non-hydrogen) atoms. The number of nitrogens with one attached hydrogen (secondary N) is 1. The molecule has 1 aromatic heterocycles. The molecule has 0 fully saturated rings. The highest BCUT2D eigenvalue weighted by molar-refractivity contribution is 5.97. The number of rotatable bonds is 6. The Bertz CT molecular complexity index is 1180. The molecule has 0 atom stereocenters. The van der Waals surface area contributed by atoms with Gasteiger partial charge in [0.15, 0.2) is 11.5 Å².